The average Bonchev–Trinajstić information content (AvgIpc) is 3.01. The van der Waals surface area contributed by atoms with Crippen LogP contribution in [0.2, 0.25) is 0 Å². The molecule has 2 aromatic heterocycles. The molecule has 3 rings (SSSR count). The van der Waals surface area contributed by atoms with Gasteiger partial charge in [-0.25, -0.2) is 0 Å². The number of aromatic amines is 1. The molecule has 0 atom stereocenters. The molecule has 0 fully saturated rings. The Bertz CT molecular complexity index is 632. The summed E-state index contributed by atoms with van der Waals surface area (Å²) in [6.07, 6.45) is 3.56. The molecule has 0 aliphatic rings. The Hall–Kier alpha value is -2.62. The van der Waals surface area contributed by atoms with Gasteiger partial charge in [-0.15, -0.1) is 0 Å². The van der Waals surface area contributed by atoms with Crippen molar-refractivity contribution in [2.75, 3.05) is 5.32 Å². The Morgan fingerprint density at radius 2 is 2.00 bits per heavy atom. The van der Waals surface area contributed by atoms with Crippen LogP contribution in [-0.2, 0) is 6.54 Å². The smallest absolute Gasteiger partial charge is 0.0650 e. The summed E-state index contributed by atoms with van der Waals surface area (Å²) in [6.45, 7) is 0.716. The van der Waals surface area contributed by atoms with E-state index in [4.69, 9.17) is 0 Å². The molecule has 0 unspecified atom stereocenters. The van der Waals surface area contributed by atoms with Crippen molar-refractivity contribution < 1.29 is 0 Å². The van der Waals surface area contributed by atoms with Crippen molar-refractivity contribution in [2.24, 2.45) is 0 Å². The highest BCUT2D eigenvalue weighted by Gasteiger charge is 2.00. The van der Waals surface area contributed by atoms with Crippen LogP contribution in [0.5, 0.6) is 0 Å². The Morgan fingerprint density at radius 3 is 2.79 bits per heavy atom. The standard InChI is InChI=1S/C15H14N4/c1-2-8-16-14(5-1)11-17-13-6-3-4-12(10-13)15-7-9-18-19-15/h1-10,17H,11H2,(H,18,19). The van der Waals surface area contributed by atoms with Gasteiger partial charge in [0.25, 0.3) is 0 Å². The van der Waals surface area contributed by atoms with E-state index in [2.05, 4.69) is 32.6 Å². The minimum absolute atomic E-state index is 0.716. The number of H-pyrrole nitrogens is 1. The Labute approximate surface area is 111 Å². The predicted octanol–water partition coefficient (Wildman–Crippen LogP) is 3.08. The van der Waals surface area contributed by atoms with E-state index in [1.807, 2.05) is 36.4 Å². The fraction of sp³-hybridized carbons (Fsp3) is 0.0667. The first-order chi connectivity index (χ1) is 9.42. The van der Waals surface area contributed by atoms with Crippen molar-refractivity contribution in [1.29, 1.82) is 0 Å². The molecule has 3 aromatic rings. The molecule has 0 saturated carbocycles. The summed E-state index contributed by atoms with van der Waals surface area (Å²) in [6, 6.07) is 16.1. The molecule has 0 radical (unpaired) electrons. The number of nitrogens with zero attached hydrogens (tertiary/aromatic N) is 2. The third-order valence-corrected chi connectivity index (χ3v) is 2.87. The molecule has 1 aromatic carbocycles. The number of aromatic nitrogens is 3. The summed E-state index contributed by atoms with van der Waals surface area (Å²) in [5.74, 6) is 0. The number of hydrogen-bond acceptors (Lipinski definition) is 3. The molecule has 0 bridgehead atoms. The van der Waals surface area contributed by atoms with Crippen LogP contribution < -0.4 is 5.32 Å². The fourth-order valence-corrected chi connectivity index (χ4v) is 1.91. The van der Waals surface area contributed by atoms with Gasteiger partial charge in [0.05, 0.1) is 17.9 Å². The van der Waals surface area contributed by atoms with Crippen LogP contribution in [-0.4, -0.2) is 15.2 Å². The molecule has 2 N–H and O–H groups in total. The van der Waals surface area contributed by atoms with Gasteiger partial charge in [-0.2, -0.15) is 5.10 Å². The monoisotopic (exact) mass is 250 g/mol. The fourth-order valence-electron chi connectivity index (χ4n) is 1.91. The highest BCUT2D eigenvalue weighted by Crippen LogP contribution is 2.20. The predicted molar refractivity (Wildman–Crippen MR) is 75.6 cm³/mol. The molecule has 19 heavy (non-hydrogen) atoms. The molecule has 94 valence electrons. The van der Waals surface area contributed by atoms with Gasteiger partial charge in [-0.05, 0) is 30.3 Å². The van der Waals surface area contributed by atoms with Gasteiger partial charge in [-0.3, -0.25) is 10.1 Å². The van der Waals surface area contributed by atoms with E-state index in [0.717, 1.165) is 22.6 Å². The molecular weight excluding hydrogens is 236 g/mol. The third-order valence-electron chi connectivity index (χ3n) is 2.87. The van der Waals surface area contributed by atoms with E-state index >= 15 is 0 Å². The Morgan fingerprint density at radius 1 is 1.00 bits per heavy atom. The molecule has 0 amide bonds. The first-order valence-corrected chi connectivity index (χ1v) is 6.15. The minimum Gasteiger partial charge on any atom is -0.379 e. The second kappa shape index (κ2) is 5.35. The van der Waals surface area contributed by atoms with E-state index in [9.17, 15) is 0 Å². The van der Waals surface area contributed by atoms with E-state index in [1.165, 1.54) is 0 Å². The van der Waals surface area contributed by atoms with Crippen LogP contribution >= 0.6 is 0 Å². The molecule has 0 saturated heterocycles. The highest BCUT2D eigenvalue weighted by atomic mass is 15.1. The number of anilines is 1. The zero-order chi connectivity index (χ0) is 12.9. The van der Waals surface area contributed by atoms with Crippen molar-refractivity contribution in [3.05, 3.63) is 66.6 Å². The van der Waals surface area contributed by atoms with Gasteiger partial charge in [0.2, 0.25) is 0 Å². The number of pyridine rings is 1. The van der Waals surface area contributed by atoms with Gasteiger partial charge >= 0.3 is 0 Å². The van der Waals surface area contributed by atoms with Crippen molar-refractivity contribution in [1.82, 2.24) is 15.2 Å². The van der Waals surface area contributed by atoms with E-state index in [-0.39, 0.29) is 0 Å². The third kappa shape index (κ3) is 2.80. The molecule has 0 aliphatic heterocycles. The van der Waals surface area contributed by atoms with E-state index in [0.29, 0.717) is 6.54 Å². The van der Waals surface area contributed by atoms with Crippen LogP contribution in [0.25, 0.3) is 11.3 Å². The maximum atomic E-state index is 4.29. The molecule has 2 heterocycles. The van der Waals surface area contributed by atoms with Crippen molar-refractivity contribution >= 4 is 5.69 Å². The SMILES string of the molecule is c1ccc(CNc2cccc(-c3ccn[nH]3)c2)nc1. The van der Waals surface area contributed by atoms with Gasteiger partial charge in [0.1, 0.15) is 0 Å². The van der Waals surface area contributed by atoms with Crippen LogP contribution in [0, 0.1) is 0 Å². The topological polar surface area (TPSA) is 53.6 Å². The van der Waals surface area contributed by atoms with Gasteiger partial charge in [0.15, 0.2) is 0 Å². The quantitative estimate of drug-likeness (QED) is 0.748. The molecular formula is C15H14N4. The van der Waals surface area contributed by atoms with Crippen LogP contribution in [0.3, 0.4) is 0 Å². The van der Waals surface area contributed by atoms with Crippen LogP contribution in [0.4, 0.5) is 5.69 Å². The van der Waals surface area contributed by atoms with Crippen LogP contribution in [0.15, 0.2) is 60.9 Å². The van der Waals surface area contributed by atoms with Gasteiger partial charge in [-0.1, -0.05) is 18.2 Å². The van der Waals surface area contributed by atoms with Crippen molar-refractivity contribution in [2.45, 2.75) is 6.54 Å². The lowest BCUT2D eigenvalue weighted by Crippen LogP contribution is -2.01. The molecule has 4 heteroatoms. The van der Waals surface area contributed by atoms with Crippen LogP contribution in [0.1, 0.15) is 5.69 Å². The normalized spacial score (nSPS) is 10.3. The molecule has 4 nitrogen and oxygen atoms in total. The Kier molecular flexibility index (Phi) is 3.23. The van der Waals surface area contributed by atoms with Gasteiger partial charge in [0, 0.05) is 23.6 Å². The Balaban J connectivity index is 1.74. The maximum Gasteiger partial charge on any atom is 0.0650 e. The largest absolute Gasteiger partial charge is 0.379 e. The van der Waals surface area contributed by atoms with E-state index < -0.39 is 0 Å². The first kappa shape index (κ1) is 11.5. The second-order valence-electron chi connectivity index (χ2n) is 4.23. The first-order valence-electron chi connectivity index (χ1n) is 6.15. The maximum absolute atomic E-state index is 4.29. The lowest BCUT2D eigenvalue weighted by Gasteiger charge is -2.07. The number of benzene rings is 1. The summed E-state index contributed by atoms with van der Waals surface area (Å²) in [5, 5.41) is 10.3. The van der Waals surface area contributed by atoms with E-state index in [1.54, 1.807) is 12.4 Å². The summed E-state index contributed by atoms with van der Waals surface area (Å²) in [5.41, 5.74) is 4.22. The molecule has 0 spiro atoms. The second-order valence-corrected chi connectivity index (χ2v) is 4.23. The highest BCUT2D eigenvalue weighted by molar-refractivity contribution is 5.64. The summed E-state index contributed by atoms with van der Waals surface area (Å²) < 4.78 is 0. The number of nitrogens with one attached hydrogen (secondary N) is 2. The lowest BCUT2D eigenvalue weighted by molar-refractivity contribution is 1.05. The summed E-state index contributed by atoms with van der Waals surface area (Å²) in [7, 11) is 0. The summed E-state index contributed by atoms with van der Waals surface area (Å²) >= 11 is 0. The number of hydrogen-bond donors (Lipinski definition) is 2. The minimum atomic E-state index is 0.716. The van der Waals surface area contributed by atoms with Crippen molar-refractivity contribution in [3.8, 4) is 11.3 Å². The molecule has 0 aliphatic carbocycles. The zero-order valence-electron chi connectivity index (χ0n) is 10.4. The summed E-state index contributed by atoms with van der Waals surface area (Å²) in [4.78, 5) is 4.29. The van der Waals surface area contributed by atoms with Crippen molar-refractivity contribution in [3.63, 3.8) is 0 Å². The van der Waals surface area contributed by atoms with Gasteiger partial charge < -0.3 is 5.32 Å². The number of rotatable bonds is 4. The zero-order valence-corrected chi connectivity index (χ0v) is 10.4. The average molecular weight is 250 g/mol. The lowest BCUT2D eigenvalue weighted by atomic mass is 10.1.